The fraction of sp³-hybridized carbons (Fsp3) is 0.294. The molecule has 0 bridgehead atoms. The third-order valence-electron chi connectivity index (χ3n) is 3.58. The Morgan fingerprint density at radius 3 is 2.39 bits per heavy atom. The monoisotopic (exact) mass is 331 g/mol. The van der Waals surface area contributed by atoms with E-state index >= 15 is 0 Å². The molecule has 3 amide bonds. The van der Waals surface area contributed by atoms with E-state index in [-0.39, 0.29) is 11.9 Å². The molecule has 0 aliphatic carbocycles. The Kier molecular flexibility index (Phi) is 5.39. The van der Waals surface area contributed by atoms with Gasteiger partial charge < -0.3 is 16.4 Å². The average molecular weight is 331 g/mol. The Hall–Kier alpha value is -2.34. The zero-order chi connectivity index (χ0) is 17.0. The first kappa shape index (κ1) is 17.0. The highest BCUT2D eigenvalue weighted by Crippen LogP contribution is 2.26. The Morgan fingerprint density at radius 1 is 1.22 bits per heavy atom. The molecule has 0 aliphatic heterocycles. The van der Waals surface area contributed by atoms with Crippen molar-refractivity contribution in [3.05, 3.63) is 56.8 Å². The van der Waals surface area contributed by atoms with E-state index in [1.54, 1.807) is 35.6 Å². The second-order valence-corrected chi connectivity index (χ2v) is 6.94. The molecule has 1 heterocycles. The fourth-order valence-corrected chi connectivity index (χ4v) is 3.42. The number of hydrogen-bond acceptors (Lipinski definition) is 3. The molecule has 1 aromatic heterocycles. The minimum absolute atomic E-state index is 0.0383. The highest BCUT2D eigenvalue weighted by atomic mass is 32.1. The number of aryl methyl sites for hydroxylation is 2. The van der Waals surface area contributed by atoms with Crippen molar-refractivity contribution < 1.29 is 9.59 Å². The van der Waals surface area contributed by atoms with Gasteiger partial charge >= 0.3 is 6.03 Å². The Morgan fingerprint density at radius 2 is 1.87 bits per heavy atom. The van der Waals surface area contributed by atoms with Gasteiger partial charge in [0.05, 0.1) is 6.04 Å². The van der Waals surface area contributed by atoms with Crippen molar-refractivity contribution in [3.63, 3.8) is 0 Å². The summed E-state index contributed by atoms with van der Waals surface area (Å²) in [6.07, 6.45) is 0. The molecule has 1 aromatic carbocycles. The smallest absolute Gasteiger partial charge is 0.312 e. The van der Waals surface area contributed by atoms with Crippen molar-refractivity contribution >= 4 is 23.3 Å². The quantitative estimate of drug-likeness (QED) is 0.787. The second-order valence-electron chi connectivity index (χ2n) is 5.48. The number of nitrogens with two attached hydrogens (primary N) is 1. The third kappa shape index (κ3) is 4.56. The Labute approximate surface area is 139 Å². The maximum atomic E-state index is 12.3. The summed E-state index contributed by atoms with van der Waals surface area (Å²) < 4.78 is 0. The van der Waals surface area contributed by atoms with E-state index in [4.69, 9.17) is 5.73 Å². The van der Waals surface area contributed by atoms with Crippen molar-refractivity contribution in [1.29, 1.82) is 0 Å². The third-order valence-corrected chi connectivity index (χ3v) is 4.56. The van der Waals surface area contributed by atoms with Crippen LogP contribution in [0.5, 0.6) is 0 Å². The first-order valence-electron chi connectivity index (χ1n) is 7.37. The number of urea groups is 1. The molecule has 0 radical (unpaired) electrons. The molecular weight excluding hydrogens is 310 g/mol. The van der Waals surface area contributed by atoms with Crippen LogP contribution in [-0.2, 0) is 6.54 Å². The topological polar surface area (TPSA) is 84.2 Å². The number of carbonyl (C=O) groups excluding carboxylic acids is 2. The lowest BCUT2D eigenvalue weighted by Crippen LogP contribution is -2.29. The van der Waals surface area contributed by atoms with Crippen molar-refractivity contribution in [1.82, 2.24) is 10.6 Å². The van der Waals surface area contributed by atoms with E-state index in [1.807, 2.05) is 6.92 Å². The standard InChI is InChI=1S/C17H21N3O2S/c1-10-8-15(12(3)23-10)11(2)20-16(21)14-6-4-13(5-7-14)9-19-17(18)22/h4-8,11H,9H2,1-3H3,(H,20,21)(H3,18,19,22). The molecule has 23 heavy (non-hydrogen) atoms. The van der Waals surface area contributed by atoms with Crippen molar-refractivity contribution in [2.75, 3.05) is 0 Å². The van der Waals surface area contributed by atoms with Gasteiger partial charge in [-0.1, -0.05) is 12.1 Å². The summed E-state index contributed by atoms with van der Waals surface area (Å²) >= 11 is 1.73. The summed E-state index contributed by atoms with van der Waals surface area (Å²) in [5, 5.41) is 5.53. The summed E-state index contributed by atoms with van der Waals surface area (Å²) in [6.45, 7) is 6.46. The number of hydrogen-bond donors (Lipinski definition) is 3. The van der Waals surface area contributed by atoms with Crippen LogP contribution in [0.3, 0.4) is 0 Å². The molecule has 2 aromatic rings. The number of carbonyl (C=O) groups is 2. The van der Waals surface area contributed by atoms with E-state index < -0.39 is 6.03 Å². The summed E-state index contributed by atoms with van der Waals surface area (Å²) in [4.78, 5) is 25.5. The van der Waals surface area contributed by atoms with Gasteiger partial charge in [0.25, 0.3) is 5.91 Å². The zero-order valence-electron chi connectivity index (χ0n) is 13.5. The van der Waals surface area contributed by atoms with E-state index in [9.17, 15) is 9.59 Å². The van der Waals surface area contributed by atoms with E-state index in [2.05, 4.69) is 30.5 Å². The van der Waals surface area contributed by atoms with Gasteiger partial charge in [0.1, 0.15) is 0 Å². The minimum atomic E-state index is -0.568. The lowest BCUT2D eigenvalue weighted by molar-refractivity contribution is 0.0940. The molecule has 1 unspecified atom stereocenters. The van der Waals surface area contributed by atoms with Crippen LogP contribution in [0.25, 0.3) is 0 Å². The second kappa shape index (κ2) is 7.28. The number of thiophene rings is 1. The van der Waals surface area contributed by atoms with E-state index in [0.29, 0.717) is 12.1 Å². The highest BCUT2D eigenvalue weighted by molar-refractivity contribution is 7.12. The SMILES string of the molecule is Cc1cc(C(C)NC(=O)c2ccc(CNC(N)=O)cc2)c(C)s1. The maximum absolute atomic E-state index is 12.3. The predicted octanol–water partition coefficient (Wildman–Crippen LogP) is 3.02. The molecule has 6 heteroatoms. The first-order valence-corrected chi connectivity index (χ1v) is 8.18. The molecule has 122 valence electrons. The van der Waals surface area contributed by atoms with Crippen LogP contribution in [0.15, 0.2) is 30.3 Å². The number of primary amides is 1. The molecule has 1 atom stereocenters. The normalized spacial score (nSPS) is 11.8. The van der Waals surface area contributed by atoms with Gasteiger partial charge in [0, 0.05) is 21.9 Å². The summed E-state index contributed by atoms with van der Waals surface area (Å²) in [6, 6.07) is 8.59. The van der Waals surface area contributed by atoms with Gasteiger partial charge in [-0.3, -0.25) is 4.79 Å². The van der Waals surface area contributed by atoms with Crippen molar-refractivity contribution in [2.45, 2.75) is 33.4 Å². The zero-order valence-corrected chi connectivity index (χ0v) is 14.3. The molecule has 0 aliphatic rings. The van der Waals surface area contributed by atoms with E-state index in [1.165, 1.54) is 9.75 Å². The Balaban J connectivity index is 2.00. The number of amides is 3. The number of benzene rings is 1. The molecule has 4 N–H and O–H groups in total. The number of nitrogens with one attached hydrogen (secondary N) is 2. The number of rotatable bonds is 5. The van der Waals surface area contributed by atoms with Gasteiger partial charge in [-0.15, -0.1) is 11.3 Å². The van der Waals surface area contributed by atoms with Crippen molar-refractivity contribution in [3.8, 4) is 0 Å². The van der Waals surface area contributed by atoms with Crippen LogP contribution in [-0.4, -0.2) is 11.9 Å². The van der Waals surface area contributed by atoms with Crippen LogP contribution < -0.4 is 16.4 Å². The summed E-state index contributed by atoms with van der Waals surface area (Å²) in [7, 11) is 0. The van der Waals surface area contributed by atoms with Crippen LogP contribution in [0.2, 0.25) is 0 Å². The molecule has 0 saturated heterocycles. The Bertz CT molecular complexity index is 707. The lowest BCUT2D eigenvalue weighted by Gasteiger charge is -2.14. The molecule has 0 spiro atoms. The van der Waals surface area contributed by atoms with Crippen LogP contribution >= 0.6 is 11.3 Å². The maximum Gasteiger partial charge on any atom is 0.312 e. The summed E-state index contributed by atoms with van der Waals surface area (Å²) in [5.74, 6) is -0.116. The highest BCUT2D eigenvalue weighted by Gasteiger charge is 2.15. The minimum Gasteiger partial charge on any atom is -0.352 e. The lowest BCUT2D eigenvalue weighted by atomic mass is 10.1. The van der Waals surface area contributed by atoms with E-state index in [0.717, 1.165) is 11.1 Å². The van der Waals surface area contributed by atoms with Crippen LogP contribution in [0.1, 0.15) is 44.2 Å². The fourth-order valence-electron chi connectivity index (χ4n) is 2.40. The van der Waals surface area contributed by atoms with Crippen molar-refractivity contribution in [2.24, 2.45) is 5.73 Å². The molecule has 5 nitrogen and oxygen atoms in total. The van der Waals surface area contributed by atoms with Gasteiger partial charge in [-0.2, -0.15) is 0 Å². The van der Waals surface area contributed by atoms with Gasteiger partial charge in [-0.05, 0) is 50.1 Å². The molecular formula is C17H21N3O2S. The molecule has 2 rings (SSSR count). The van der Waals surface area contributed by atoms with Crippen LogP contribution in [0, 0.1) is 13.8 Å². The average Bonchev–Trinajstić information content (AvgIpc) is 2.84. The van der Waals surface area contributed by atoms with Gasteiger partial charge in [0.15, 0.2) is 0 Å². The van der Waals surface area contributed by atoms with Crippen LogP contribution in [0.4, 0.5) is 4.79 Å². The first-order chi connectivity index (χ1) is 10.9. The predicted molar refractivity (Wildman–Crippen MR) is 92.5 cm³/mol. The molecule has 0 fully saturated rings. The van der Waals surface area contributed by atoms with Gasteiger partial charge in [-0.25, -0.2) is 4.79 Å². The van der Waals surface area contributed by atoms with Gasteiger partial charge in [0.2, 0.25) is 0 Å². The summed E-state index contributed by atoms with van der Waals surface area (Å²) in [5.41, 5.74) is 7.66. The largest absolute Gasteiger partial charge is 0.352 e. The molecule has 0 saturated carbocycles.